The highest BCUT2D eigenvalue weighted by Gasteiger charge is 2.36. The second-order valence-corrected chi connectivity index (χ2v) is 7.27. The van der Waals surface area contributed by atoms with Gasteiger partial charge in [0.25, 0.3) is 0 Å². The van der Waals surface area contributed by atoms with Crippen molar-refractivity contribution in [3.63, 3.8) is 0 Å². The molecule has 1 aromatic carbocycles. The summed E-state index contributed by atoms with van der Waals surface area (Å²) in [5, 5.41) is 1.12. The van der Waals surface area contributed by atoms with Crippen LogP contribution in [0.4, 0.5) is 0 Å². The molecule has 1 aliphatic rings. The van der Waals surface area contributed by atoms with Gasteiger partial charge in [-0.05, 0) is 26.4 Å². The van der Waals surface area contributed by atoms with Crippen LogP contribution in [0.3, 0.4) is 0 Å². The van der Waals surface area contributed by atoms with E-state index in [1.165, 1.54) is 16.1 Å². The molecule has 0 bridgehead atoms. The van der Waals surface area contributed by atoms with Crippen LogP contribution in [0.15, 0.2) is 30.3 Å². The summed E-state index contributed by atoms with van der Waals surface area (Å²) in [5.41, 5.74) is 2.25. The number of ether oxygens (including phenoxy) is 1. The Morgan fingerprint density at radius 2 is 1.96 bits per heavy atom. The molecule has 0 saturated carbocycles. The first-order valence-electron chi connectivity index (χ1n) is 8.58. The molecule has 2 heterocycles. The summed E-state index contributed by atoms with van der Waals surface area (Å²) in [4.78, 5) is 8.70. The molecule has 2 aromatic rings. The summed E-state index contributed by atoms with van der Waals surface area (Å²) < 4.78 is 6.22. The molecule has 0 fully saturated rings. The standard InChI is InChI=1S/C19H26N2OS/c1-4-21(5-2)13-12-19(3)17-16(11-14-22-19)20-18(23-17)15-9-7-6-8-10-15/h6-10H,4-5,11-14H2,1-3H3. The highest BCUT2D eigenvalue weighted by Crippen LogP contribution is 2.42. The lowest BCUT2D eigenvalue weighted by molar-refractivity contribution is -0.0544. The molecule has 1 aliphatic heterocycles. The van der Waals surface area contributed by atoms with Gasteiger partial charge in [-0.3, -0.25) is 0 Å². The van der Waals surface area contributed by atoms with Crippen LogP contribution in [0, 0.1) is 0 Å². The van der Waals surface area contributed by atoms with E-state index in [1.54, 1.807) is 0 Å². The van der Waals surface area contributed by atoms with Crippen molar-refractivity contribution in [2.45, 2.75) is 39.2 Å². The van der Waals surface area contributed by atoms with E-state index >= 15 is 0 Å². The Kier molecular flexibility index (Phi) is 5.14. The zero-order chi connectivity index (χ0) is 16.3. The number of fused-ring (bicyclic) bond motifs is 1. The molecule has 3 nitrogen and oxygen atoms in total. The Bertz CT molecular complexity index is 636. The number of benzene rings is 1. The van der Waals surface area contributed by atoms with Crippen LogP contribution in [-0.2, 0) is 16.8 Å². The normalized spacial score (nSPS) is 20.7. The van der Waals surface area contributed by atoms with Gasteiger partial charge in [0, 0.05) is 18.5 Å². The van der Waals surface area contributed by atoms with E-state index in [0.29, 0.717) is 0 Å². The van der Waals surface area contributed by atoms with Gasteiger partial charge in [-0.1, -0.05) is 44.2 Å². The monoisotopic (exact) mass is 330 g/mol. The average Bonchev–Trinajstić information content (AvgIpc) is 3.03. The van der Waals surface area contributed by atoms with Crippen LogP contribution in [0.5, 0.6) is 0 Å². The van der Waals surface area contributed by atoms with E-state index in [9.17, 15) is 0 Å². The third kappa shape index (κ3) is 3.49. The Balaban J connectivity index is 1.85. The quantitative estimate of drug-likeness (QED) is 0.788. The van der Waals surface area contributed by atoms with E-state index < -0.39 is 0 Å². The Morgan fingerprint density at radius 3 is 2.65 bits per heavy atom. The number of rotatable bonds is 6. The minimum atomic E-state index is -0.194. The highest BCUT2D eigenvalue weighted by molar-refractivity contribution is 7.15. The molecule has 23 heavy (non-hydrogen) atoms. The summed E-state index contributed by atoms with van der Waals surface area (Å²) in [5.74, 6) is 0. The molecule has 1 aromatic heterocycles. The third-order valence-electron chi connectivity index (χ3n) is 4.76. The number of hydrogen-bond acceptors (Lipinski definition) is 4. The van der Waals surface area contributed by atoms with Crippen LogP contribution in [0.2, 0.25) is 0 Å². The van der Waals surface area contributed by atoms with Gasteiger partial charge in [0.2, 0.25) is 0 Å². The molecular weight excluding hydrogens is 304 g/mol. The number of hydrogen-bond donors (Lipinski definition) is 0. The fourth-order valence-corrected chi connectivity index (χ4v) is 4.42. The summed E-state index contributed by atoms with van der Waals surface area (Å²) in [7, 11) is 0. The van der Waals surface area contributed by atoms with Crippen molar-refractivity contribution >= 4 is 11.3 Å². The van der Waals surface area contributed by atoms with E-state index in [0.717, 1.165) is 44.1 Å². The molecular formula is C19H26N2OS. The summed E-state index contributed by atoms with van der Waals surface area (Å²) in [6, 6.07) is 10.5. The molecule has 0 radical (unpaired) electrons. The molecule has 0 aliphatic carbocycles. The van der Waals surface area contributed by atoms with Crippen LogP contribution in [0.25, 0.3) is 10.6 Å². The maximum absolute atomic E-state index is 6.22. The Morgan fingerprint density at radius 1 is 1.22 bits per heavy atom. The predicted octanol–water partition coefficient (Wildman–Crippen LogP) is 4.33. The molecule has 0 spiro atoms. The van der Waals surface area contributed by atoms with E-state index in [1.807, 2.05) is 17.4 Å². The number of aromatic nitrogens is 1. The van der Waals surface area contributed by atoms with Crippen LogP contribution in [0.1, 0.15) is 37.8 Å². The largest absolute Gasteiger partial charge is 0.369 e. The van der Waals surface area contributed by atoms with Crippen LogP contribution < -0.4 is 0 Å². The zero-order valence-electron chi connectivity index (χ0n) is 14.3. The maximum Gasteiger partial charge on any atom is 0.123 e. The smallest absolute Gasteiger partial charge is 0.123 e. The predicted molar refractivity (Wildman–Crippen MR) is 97.0 cm³/mol. The van der Waals surface area contributed by atoms with E-state index in [4.69, 9.17) is 9.72 Å². The molecule has 1 atom stereocenters. The van der Waals surface area contributed by atoms with Crippen molar-refractivity contribution < 1.29 is 4.74 Å². The summed E-state index contributed by atoms with van der Waals surface area (Å²) in [6.07, 6.45) is 1.96. The van der Waals surface area contributed by atoms with Gasteiger partial charge in [-0.15, -0.1) is 11.3 Å². The molecule has 4 heteroatoms. The Hall–Kier alpha value is -1.23. The van der Waals surface area contributed by atoms with Crippen LogP contribution >= 0.6 is 11.3 Å². The fraction of sp³-hybridized carbons (Fsp3) is 0.526. The summed E-state index contributed by atoms with van der Waals surface area (Å²) in [6.45, 7) is 10.7. The van der Waals surface area contributed by atoms with Gasteiger partial charge in [0.05, 0.1) is 17.2 Å². The van der Waals surface area contributed by atoms with Crippen molar-refractivity contribution in [3.8, 4) is 10.6 Å². The van der Waals surface area contributed by atoms with Crippen molar-refractivity contribution in [2.75, 3.05) is 26.2 Å². The maximum atomic E-state index is 6.22. The molecule has 0 saturated heterocycles. The van der Waals surface area contributed by atoms with E-state index in [2.05, 4.69) is 49.9 Å². The van der Waals surface area contributed by atoms with Crippen molar-refractivity contribution in [1.82, 2.24) is 9.88 Å². The third-order valence-corrected chi connectivity index (χ3v) is 6.15. The second kappa shape index (κ2) is 7.12. The summed E-state index contributed by atoms with van der Waals surface area (Å²) >= 11 is 1.81. The first kappa shape index (κ1) is 16.6. The second-order valence-electron chi connectivity index (χ2n) is 6.27. The first-order valence-corrected chi connectivity index (χ1v) is 9.40. The molecule has 0 N–H and O–H groups in total. The highest BCUT2D eigenvalue weighted by atomic mass is 32.1. The minimum absolute atomic E-state index is 0.194. The van der Waals surface area contributed by atoms with Crippen LogP contribution in [-0.4, -0.2) is 36.1 Å². The SMILES string of the molecule is CCN(CC)CCC1(C)OCCc2nc(-c3ccccc3)sc21. The van der Waals surface area contributed by atoms with Crippen molar-refractivity contribution in [3.05, 3.63) is 40.9 Å². The number of thiazole rings is 1. The van der Waals surface area contributed by atoms with Crippen molar-refractivity contribution in [1.29, 1.82) is 0 Å². The van der Waals surface area contributed by atoms with Gasteiger partial charge in [-0.2, -0.15) is 0 Å². The number of nitrogens with zero attached hydrogens (tertiary/aromatic N) is 2. The zero-order valence-corrected chi connectivity index (χ0v) is 15.2. The van der Waals surface area contributed by atoms with Gasteiger partial charge in [-0.25, -0.2) is 4.98 Å². The average molecular weight is 330 g/mol. The van der Waals surface area contributed by atoms with Gasteiger partial charge >= 0.3 is 0 Å². The lowest BCUT2D eigenvalue weighted by atomic mass is 9.95. The first-order chi connectivity index (χ1) is 11.2. The minimum Gasteiger partial charge on any atom is -0.369 e. The topological polar surface area (TPSA) is 25.4 Å². The molecule has 124 valence electrons. The molecule has 3 rings (SSSR count). The van der Waals surface area contributed by atoms with E-state index in [-0.39, 0.29) is 5.60 Å². The lowest BCUT2D eigenvalue weighted by Gasteiger charge is -2.34. The van der Waals surface area contributed by atoms with Gasteiger partial charge in [0.15, 0.2) is 0 Å². The molecule has 0 amide bonds. The van der Waals surface area contributed by atoms with Crippen molar-refractivity contribution in [2.24, 2.45) is 0 Å². The lowest BCUT2D eigenvalue weighted by Crippen LogP contribution is -2.36. The van der Waals surface area contributed by atoms with Gasteiger partial charge < -0.3 is 9.64 Å². The Labute approximate surface area is 143 Å². The fourth-order valence-electron chi connectivity index (χ4n) is 3.17. The molecule has 1 unspecified atom stereocenters. The van der Waals surface area contributed by atoms with Gasteiger partial charge in [0.1, 0.15) is 10.6 Å².